The summed E-state index contributed by atoms with van der Waals surface area (Å²) in [5.41, 5.74) is 3.47. The van der Waals surface area contributed by atoms with Gasteiger partial charge in [-0.15, -0.1) is 0 Å². The molecule has 19 heavy (non-hydrogen) atoms. The lowest BCUT2D eigenvalue weighted by Gasteiger charge is -2.07. The molecule has 0 bridgehead atoms. The van der Waals surface area contributed by atoms with E-state index in [1.54, 1.807) is 26.0 Å². The highest BCUT2D eigenvalue weighted by Gasteiger charge is 2.13. The second-order valence-corrected chi connectivity index (χ2v) is 4.66. The average Bonchev–Trinajstić information content (AvgIpc) is 2.36. The smallest absolute Gasteiger partial charge is 0.169 e. The van der Waals surface area contributed by atoms with Gasteiger partial charge in [0.1, 0.15) is 5.82 Å². The van der Waals surface area contributed by atoms with Crippen LogP contribution >= 0.6 is 0 Å². The molecule has 0 saturated carbocycles. The van der Waals surface area contributed by atoms with Crippen LogP contribution in [0.4, 0.5) is 4.39 Å². The molecule has 98 valence electrons. The Bertz CT molecular complexity index is 638. The first-order valence-corrected chi connectivity index (χ1v) is 6.06. The lowest BCUT2D eigenvalue weighted by molar-refractivity contribution is 0.0991. The first-order valence-electron chi connectivity index (χ1n) is 6.06. The second kappa shape index (κ2) is 5.26. The van der Waals surface area contributed by atoms with Crippen LogP contribution in [-0.4, -0.2) is 16.0 Å². The van der Waals surface area contributed by atoms with Crippen molar-refractivity contribution in [2.75, 3.05) is 0 Å². The highest BCUT2D eigenvalue weighted by molar-refractivity contribution is 5.98. The summed E-state index contributed by atoms with van der Waals surface area (Å²) in [5, 5.41) is 7.83. The van der Waals surface area contributed by atoms with Gasteiger partial charge in [0.15, 0.2) is 5.78 Å². The highest BCUT2D eigenvalue weighted by atomic mass is 19.1. The lowest BCUT2D eigenvalue weighted by Crippen LogP contribution is -2.09. The van der Waals surface area contributed by atoms with Crippen LogP contribution in [0.15, 0.2) is 24.3 Å². The predicted octanol–water partition coefficient (Wildman–Crippen LogP) is 2.97. The maximum atomic E-state index is 13.2. The molecule has 2 rings (SSSR count). The van der Waals surface area contributed by atoms with E-state index in [9.17, 15) is 9.18 Å². The van der Waals surface area contributed by atoms with Gasteiger partial charge in [-0.05, 0) is 50.1 Å². The summed E-state index contributed by atoms with van der Waals surface area (Å²) in [5.74, 6) is -0.390. The zero-order valence-corrected chi connectivity index (χ0v) is 11.2. The molecule has 3 nitrogen and oxygen atoms in total. The molecule has 0 spiro atoms. The monoisotopic (exact) mass is 258 g/mol. The van der Waals surface area contributed by atoms with Gasteiger partial charge in [0.2, 0.25) is 0 Å². The number of Topliss-reactive ketones (excluding diaryl/α,β-unsaturated/α-hetero) is 1. The Kier molecular flexibility index (Phi) is 3.69. The number of halogens is 1. The van der Waals surface area contributed by atoms with E-state index >= 15 is 0 Å². The van der Waals surface area contributed by atoms with E-state index in [1.165, 1.54) is 12.1 Å². The van der Waals surface area contributed by atoms with Crippen LogP contribution in [0.3, 0.4) is 0 Å². The number of rotatable bonds is 3. The van der Waals surface area contributed by atoms with Crippen molar-refractivity contribution in [2.45, 2.75) is 27.2 Å². The van der Waals surface area contributed by atoms with Gasteiger partial charge in [-0.3, -0.25) is 4.79 Å². The van der Waals surface area contributed by atoms with E-state index in [-0.39, 0.29) is 18.0 Å². The van der Waals surface area contributed by atoms with Crippen molar-refractivity contribution in [1.29, 1.82) is 0 Å². The summed E-state index contributed by atoms with van der Waals surface area (Å²) < 4.78 is 13.2. The zero-order valence-electron chi connectivity index (χ0n) is 11.2. The predicted molar refractivity (Wildman–Crippen MR) is 70.7 cm³/mol. The van der Waals surface area contributed by atoms with Crippen molar-refractivity contribution >= 4 is 5.78 Å². The van der Waals surface area contributed by atoms with Gasteiger partial charge in [-0.1, -0.05) is 6.07 Å². The molecule has 2 aromatic rings. The Hall–Kier alpha value is -2.10. The van der Waals surface area contributed by atoms with Crippen molar-refractivity contribution in [3.63, 3.8) is 0 Å². The van der Waals surface area contributed by atoms with E-state index in [2.05, 4.69) is 10.2 Å². The van der Waals surface area contributed by atoms with Crippen molar-refractivity contribution in [2.24, 2.45) is 0 Å². The van der Waals surface area contributed by atoms with Crippen molar-refractivity contribution in [3.05, 3.63) is 58.2 Å². The van der Waals surface area contributed by atoms with E-state index in [4.69, 9.17) is 0 Å². The number of benzene rings is 1. The topological polar surface area (TPSA) is 42.9 Å². The molecule has 0 amide bonds. The Balaban J connectivity index is 2.30. The van der Waals surface area contributed by atoms with E-state index in [0.29, 0.717) is 22.5 Å². The van der Waals surface area contributed by atoms with E-state index < -0.39 is 0 Å². The minimum absolute atomic E-state index is 0.0656. The molecule has 0 atom stereocenters. The maximum absolute atomic E-state index is 13.2. The van der Waals surface area contributed by atoms with Gasteiger partial charge in [-0.25, -0.2) is 4.39 Å². The third kappa shape index (κ3) is 3.02. The van der Waals surface area contributed by atoms with Gasteiger partial charge in [-0.2, -0.15) is 10.2 Å². The van der Waals surface area contributed by atoms with Crippen LogP contribution in [0.25, 0.3) is 0 Å². The fourth-order valence-electron chi connectivity index (χ4n) is 1.93. The number of ketones is 1. The third-order valence-corrected chi connectivity index (χ3v) is 3.06. The largest absolute Gasteiger partial charge is 0.294 e. The first kappa shape index (κ1) is 13.3. The molecule has 0 radical (unpaired) electrons. The van der Waals surface area contributed by atoms with Crippen molar-refractivity contribution < 1.29 is 9.18 Å². The first-order chi connectivity index (χ1) is 8.97. The second-order valence-electron chi connectivity index (χ2n) is 4.66. The highest BCUT2D eigenvalue weighted by Crippen LogP contribution is 2.15. The summed E-state index contributed by atoms with van der Waals surface area (Å²) in [4.78, 5) is 12.3. The summed E-state index contributed by atoms with van der Waals surface area (Å²) in [6.07, 6.45) is 0.176. The molecule has 1 aromatic heterocycles. The quantitative estimate of drug-likeness (QED) is 0.795. The molecular weight excluding hydrogens is 243 g/mol. The molecule has 1 aromatic carbocycles. The van der Waals surface area contributed by atoms with E-state index in [1.807, 2.05) is 6.92 Å². The number of carbonyl (C=O) groups is 1. The Morgan fingerprint density at radius 3 is 2.63 bits per heavy atom. The van der Waals surface area contributed by atoms with Gasteiger partial charge >= 0.3 is 0 Å². The van der Waals surface area contributed by atoms with Crippen LogP contribution in [0.5, 0.6) is 0 Å². The van der Waals surface area contributed by atoms with Crippen molar-refractivity contribution in [3.8, 4) is 0 Å². The van der Waals surface area contributed by atoms with Gasteiger partial charge < -0.3 is 0 Å². The number of hydrogen-bond acceptors (Lipinski definition) is 3. The van der Waals surface area contributed by atoms with Gasteiger partial charge in [0.05, 0.1) is 11.4 Å². The Morgan fingerprint density at radius 1 is 1.16 bits per heavy atom. The molecule has 0 aliphatic heterocycles. The molecule has 4 heteroatoms. The molecule has 0 unspecified atom stereocenters. The fraction of sp³-hybridized carbons (Fsp3) is 0.267. The van der Waals surface area contributed by atoms with Crippen LogP contribution in [0.2, 0.25) is 0 Å². The molecule has 0 aliphatic rings. The van der Waals surface area contributed by atoms with Crippen LogP contribution in [-0.2, 0) is 6.42 Å². The van der Waals surface area contributed by atoms with Gasteiger partial charge in [0.25, 0.3) is 0 Å². The summed E-state index contributed by atoms with van der Waals surface area (Å²) in [6.45, 7) is 5.40. The molecule has 0 aliphatic carbocycles. The van der Waals surface area contributed by atoms with Crippen LogP contribution < -0.4 is 0 Å². The zero-order chi connectivity index (χ0) is 14.0. The molecule has 0 fully saturated rings. The number of aryl methyl sites for hydroxylation is 3. The molecule has 0 N–H and O–H groups in total. The fourth-order valence-corrected chi connectivity index (χ4v) is 1.93. The minimum Gasteiger partial charge on any atom is -0.294 e. The number of aromatic nitrogens is 2. The molecule has 1 heterocycles. The number of hydrogen-bond donors (Lipinski definition) is 0. The summed E-state index contributed by atoms with van der Waals surface area (Å²) in [7, 11) is 0. The van der Waals surface area contributed by atoms with Gasteiger partial charge in [0, 0.05) is 12.0 Å². The summed E-state index contributed by atoms with van der Waals surface area (Å²) >= 11 is 0. The average molecular weight is 258 g/mol. The summed E-state index contributed by atoms with van der Waals surface area (Å²) in [6, 6.07) is 6.21. The normalized spacial score (nSPS) is 10.5. The third-order valence-electron chi connectivity index (χ3n) is 3.06. The molecule has 0 saturated heterocycles. The van der Waals surface area contributed by atoms with Crippen molar-refractivity contribution in [1.82, 2.24) is 10.2 Å². The van der Waals surface area contributed by atoms with Crippen LogP contribution in [0, 0.1) is 26.6 Å². The number of nitrogens with zero attached hydrogens (tertiary/aromatic N) is 2. The Morgan fingerprint density at radius 2 is 1.89 bits per heavy atom. The van der Waals surface area contributed by atoms with E-state index in [0.717, 1.165) is 5.56 Å². The minimum atomic E-state index is -0.325. The standard InChI is InChI=1S/C15H15FN2O/c1-9-4-5-13(16)7-12(9)8-15(19)14-6-10(2)17-18-11(14)3/h4-7H,8H2,1-3H3. The number of carbonyl (C=O) groups excluding carboxylic acids is 1. The maximum Gasteiger partial charge on any atom is 0.169 e. The Labute approximate surface area is 111 Å². The lowest BCUT2D eigenvalue weighted by atomic mass is 9.98. The SMILES string of the molecule is Cc1cc(C(=O)Cc2cc(F)ccc2C)c(C)nn1. The van der Waals surface area contributed by atoms with Crippen LogP contribution in [0.1, 0.15) is 32.9 Å². The molecular formula is C15H15FN2O.